The summed E-state index contributed by atoms with van der Waals surface area (Å²) in [5, 5.41) is 0.846. The van der Waals surface area contributed by atoms with Gasteiger partial charge in [-0.2, -0.15) is 0 Å². The molecule has 0 spiro atoms. The lowest BCUT2D eigenvalue weighted by molar-refractivity contribution is 0.589. The fourth-order valence-electron chi connectivity index (χ4n) is 2.44. The van der Waals surface area contributed by atoms with Crippen LogP contribution in [0.4, 0.5) is 0 Å². The summed E-state index contributed by atoms with van der Waals surface area (Å²) in [5.41, 5.74) is 5.25. The molecule has 2 aromatic carbocycles. The second-order valence-corrected chi connectivity index (χ2v) is 8.18. The Balaban J connectivity index is 2.53. The van der Waals surface area contributed by atoms with E-state index in [0.717, 1.165) is 5.02 Å². The van der Waals surface area contributed by atoms with Crippen LogP contribution in [0, 0.1) is 0 Å². The van der Waals surface area contributed by atoms with Crippen molar-refractivity contribution < 1.29 is 0 Å². The van der Waals surface area contributed by atoms with E-state index in [0.29, 0.717) is 0 Å². The average Bonchev–Trinajstić information content (AvgIpc) is 2.37. The first-order chi connectivity index (χ1) is 9.59. The molecule has 21 heavy (non-hydrogen) atoms. The maximum Gasteiger partial charge on any atom is 0.0443 e. The van der Waals surface area contributed by atoms with E-state index >= 15 is 0 Å². The summed E-state index contributed by atoms with van der Waals surface area (Å²) in [5.74, 6) is 0. The van der Waals surface area contributed by atoms with Crippen LogP contribution in [-0.2, 0) is 10.8 Å². The van der Waals surface area contributed by atoms with Crippen molar-refractivity contribution >= 4 is 11.6 Å². The lowest BCUT2D eigenvalue weighted by Gasteiger charge is -2.22. The predicted molar refractivity (Wildman–Crippen MR) is 94.3 cm³/mol. The number of halogens is 1. The largest absolute Gasteiger partial charge is 0.0840 e. The van der Waals surface area contributed by atoms with Gasteiger partial charge in [-0.3, -0.25) is 0 Å². The minimum Gasteiger partial charge on any atom is -0.0840 e. The fourth-order valence-corrected chi connectivity index (χ4v) is 2.85. The zero-order chi connectivity index (χ0) is 15.8. The molecule has 112 valence electrons. The zero-order valence-electron chi connectivity index (χ0n) is 13.9. The normalized spacial score (nSPS) is 12.5. The third-order valence-corrected chi connectivity index (χ3v) is 4.17. The molecule has 1 heteroatoms. The SMILES string of the molecule is CC(C)(C)c1cccc(-c2ccc(Cl)c(C(C)(C)C)c2)c1. The smallest absolute Gasteiger partial charge is 0.0443 e. The number of rotatable bonds is 1. The zero-order valence-corrected chi connectivity index (χ0v) is 14.7. The Morgan fingerprint density at radius 3 is 1.90 bits per heavy atom. The quantitative estimate of drug-likeness (QED) is 0.556. The molecule has 2 aromatic rings. The Hall–Kier alpha value is -1.27. The molecule has 0 fully saturated rings. The molecule has 0 nitrogen and oxygen atoms in total. The Labute approximate surface area is 134 Å². The van der Waals surface area contributed by atoms with Gasteiger partial charge in [0.15, 0.2) is 0 Å². The summed E-state index contributed by atoms with van der Waals surface area (Å²) < 4.78 is 0. The van der Waals surface area contributed by atoms with Crippen LogP contribution >= 0.6 is 11.6 Å². The fraction of sp³-hybridized carbons (Fsp3) is 0.400. The van der Waals surface area contributed by atoms with Gasteiger partial charge in [0, 0.05) is 5.02 Å². The lowest BCUT2D eigenvalue weighted by Crippen LogP contribution is -2.12. The molecule has 0 aliphatic rings. The molecule has 0 saturated heterocycles. The molecular weight excluding hydrogens is 276 g/mol. The van der Waals surface area contributed by atoms with Gasteiger partial charge in [-0.05, 0) is 45.2 Å². The van der Waals surface area contributed by atoms with Crippen LogP contribution in [-0.4, -0.2) is 0 Å². The molecule has 0 bridgehead atoms. The van der Waals surface area contributed by atoms with Gasteiger partial charge in [0.2, 0.25) is 0 Å². The van der Waals surface area contributed by atoms with E-state index in [4.69, 9.17) is 11.6 Å². The summed E-state index contributed by atoms with van der Waals surface area (Å²) in [6, 6.07) is 15.1. The number of hydrogen-bond donors (Lipinski definition) is 0. The molecule has 0 aromatic heterocycles. The minimum absolute atomic E-state index is 0.0503. The number of hydrogen-bond acceptors (Lipinski definition) is 0. The van der Waals surface area contributed by atoms with E-state index in [1.54, 1.807) is 0 Å². The van der Waals surface area contributed by atoms with Crippen molar-refractivity contribution in [1.82, 2.24) is 0 Å². The van der Waals surface area contributed by atoms with Crippen molar-refractivity contribution in [3.05, 3.63) is 58.6 Å². The van der Waals surface area contributed by atoms with Gasteiger partial charge >= 0.3 is 0 Å². The molecule has 0 amide bonds. The minimum atomic E-state index is 0.0503. The highest BCUT2D eigenvalue weighted by Gasteiger charge is 2.19. The second-order valence-electron chi connectivity index (χ2n) is 7.78. The van der Waals surface area contributed by atoms with Crippen LogP contribution in [0.2, 0.25) is 5.02 Å². The molecule has 0 saturated carbocycles. The first-order valence-corrected chi connectivity index (χ1v) is 7.88. The van der Waals surface area contributed by atoms with E-state index in [1.165, 1.54) is 22.3 Å². The monoisotopic (exact) mass is 300 g/mol. The van der Waals surface area contributed by atoms with E-state index < -0.39 is 0 Å². The van der Waals surface area contributed by atoms with Crippen LogP contribution < -0.4 is 0 Å². The molecule has 0 heterocycles. The van der Waals surface area contributed by atoms with Crippen molar-refractivity contribution in [1.29, 1.82) is 0 Å². The standard InChI is InChI=1S/C20H25Cl/c1-19(2,3)16-9-7-8-14(12-16)15-10-11-18(21)17(13-15)20(4,5)6/h7-13H,1-6H3. The van der Waals surface area contributed by atoms with Gasteiger partial charge in [-0.15, -0.1) is 0 Å². The maximum atomic E-state index is 6.37. The molecule has 0 aliphatic carbocycles. The van der Waals surface area contributed by atoms with Gasteiger partial charge in [-0.1, -0.05) is 83.5 Å². The van der Waals surface area contributed by atoms with Crippen LogP contribution in [0.5, 0.6) is 0 Å². The molecule has 0 unspecified atom stereocenters. The van der Waals surface area contributed by atoms with Crippen LogP contribution in [0.25, 0.3) is 11.1 Å². The van der Waals surface area contributed by atoms with E-state index in [1.807, 2.05) is 6.07 Å². The van der Waals surface area contributed by atoms with Crippen LogP contribution in [0.3, 0.4) is 0 Å². The van der Waals surface area contributed by atoms with Crippen molar-refractivity contribution in [3.8, 4) is 11.1 Å². The second kappa shape index (κ2) is 5.50. The van der Waals surface area contributed by atoms with Crippen molar-refractivity contribution in [2.45, 2.75) is 52.4 Å². The maximum absolute atomic E-state index is 6.37. The molecule has 2 rings (SSSR count). The van der Waals surface area contributed by atoms with Gasteiger partial charge in [0.05, 0.1) is 0 Å². The van der Waals surface area contributed by atoms with E-state index in [2.05, 4.69) is 77.9 Å². The average molecular weight is 301 g/mol. The summed E-state index contributed by atoms with van der Waals surface area (Å²) in [4.78, 5) is 0. The van der Waals surface area contributed by atoms with Gasteiger partial charge in [0.1, 0.15) is 0 Å². The van der Waals surface area contributed by atoms with Crippen LogP contribution in [0.15, 0.2) is 42.5 Å². The third kappa shape index (κ3) is 3.68. The highest BCUT2D eigenvalue weighted by molar-refractivity contribution is 6.31. The molecule has 0 N–H and O–H groups in total. The first kappa shape index (κ1) is 16.1. The van der Waals surface area contributed by atoms with E-state index in [-0.39, 0.29) is 10.8 Å². The van der Waals surface area contributed by atoms with Crippen molar-refractivity contribution in [2.24, 2.45) is 0 Å². The van der Waals surface area contributed by atoms with Crippen LogP contribution in [0.1, 0.15) is 52.7 Å². The Kier molecular flexibility index (Phi) is 4.22. The Bertz CT molecular complexity index is 640. The summed E-state index contributed by atoms with van der Waals surface area (Å²) >= 11 is 6.37. The topological polar surface area (TPSA) is 0 Å². The summed E-state index contributed by atoms with van der Waals surface area (Å²) in [7, 11) is 0. The molecule has 0 radical (unpaired) electrons. The van der Waals surface area contributed by atoms with Gasteiger partial charge in [0.25, 0.3) is 0 Å². The predicted octanol–water partition coefficient (Wildman–Crippen LogP) is 6.60. The van der Waals surface area contributed by atoms with Crippen molar-refractivity contribution in [2.75, 3.05) is 0 Å². The van der Waals surface area contributed by atoms with Gasteiger partial charge in [-0.25, -0.2) is 0 Å². The molecule has 0 atom stereocenters. The van der Waals surface area contributed by atoms with Gasteiger partial charge < -0.3 is 0 Å². The van der Waals surface area contributed by atoms with Crippen molar-refractivity contribution in [3.63, 3.8) is 0 Å². The molecule has 0 aliphatic heterocycles. The summed E-state index contributed by atoms with van der Waals surface area (Å²) in [6.45, 7) is 13.3. The highest BCUT2D eigenvalue weighted by atomic mass is 35.5. The van der Waals surface area contributed by atoms with E-state index in [9.17, 15) is 0 Å². The Morgan fingerprint density at radius 1 is 0.714 bits per heavy atom. The lowest BCUT2D eigenvalue weighted by atomic mass is 9.83. The third-order valence-electron chi connectivity index (χ3n) is 3.84. The highest BCUT2D eigenvalue weighted by Crippen LogP contribution is 2.34. The Morgan fingerprint density at radius 2 is 1.33 bits per heavy atom. The first-order valence-electron chi connectivity index (χ1n) is 7.50. The summed E-state index contributed by atoms with van der Waals surface area (Å²) in [6.07, 6.45) is 0. The number of benzene rings is 2. The molecular formula is C20H25Cl.